The smallest absolute Gasteiger partial charge is 0.233 e. The van der Waals surface area contributed by atoms with Gasteiger partial charge in [-0.3, -0.25) is 4.79 Å². The standard InChI is InChI=1S/C12H24N2OS/c1-9(7-13)8-16-10(2)12(15)14-11-5-3-4-6-11/h9-11H,3-8,13H2,1-2H3,(H,14,15). The van der Waals surface area contributed by atoms with Crippen molar-refractivity contribution in [3.8, 4) is 0 Å². The number of rotatable bonds is 6. The van der Waals surface area contributed by atoms with E-state index in [9.17, 15) is 4.79 Å². The first kappa shape index (κ1) is 13.8. The largest absolute Gasteiger partial charge is 0.352 e. The van der Waals surface area contributed by atoms with Gasteiger partial charge in [-0.05, 0) is 38.0 Å². The molecule has 1 saturated carbocycles. The molecule has 2 atom stereocenters. The molecule has 16 heavy (non-hydrogen) atoms. The molecule has 1 aliphatic carbocycles. The molecular formula is C12H24N2OS. The summed E-state index contributed by atoms with van der Waals surface area (Å²) < 4.78 is 0. The molecule has 3 nitrogen and oxygen atoms in total. The number of nitrogens with two attached hydrogens (primary N) is 1. The summed E-state index contributed by atoms with van der Waals surface area (Å²) in [6.07, 6.45) is 4.83. The molecule has 0 spiro atoms. The monoisotopic (exact) mass is 244 g/mol. The zero-order chi connectivity index (χ0) is 12.0. The number of carbonyl (C=O) groups excluding carboxylic acids is 1. The third kappa shape index (κ3) is 4.74. The van der Waals surface area contributed by atoms with Crippen molar-refractivity contribution in [3.63, 3.8) is 0 Å². The minimum absolute atomic E-state index is 0.0506. The van der Waals surface area contributed by atoms with Gasteiger partial charge in [-0.15, -0.1) is 11.8 Å². The number of thioether (sulfide) groups is 1. The van der Waals surface area contributed by atoms with Gasteiger partial charge in [0.15, 0.2) is 0 Å². The van der Waals surface area contributed by atoms with Crippen molar-refractivity contribution in [3.05, 3.63) is 0 Å². The van der Waals surface area contributed by atoms with Crippen molar-refractivity contribution in [2.45, 2.75) is 50.8 Å². The molecule has 0 aromatic heterocycles. The number of hydrogen-bond donors (Lipinski definition) is 2. The fourth-order valence-electron chi connectivity index (χ4n) is 1.84. The molecule has 0 saturated heterocycles. The van der Waals surface area contributed by atoms with Crippen LogP contribution in [0.3, 0.4) is 0 Å². The Bertz CT molecular complexity index is 217. The predicted molar refractivity (Wildman–Crippen MR) is 70.5 cm³/mol. The Hall–Kier alpha value is -0.220. The van der Waals surface area contributed by atoms with Crippen LogP contribution < -0.4 is 11.1 Å². The lowest BCUT2D eigenvalue weighted by molar-refractivity contribution is -0.120. The van der Waals surface area contributed by atoms with Crippen LogP contribution in [0, 0.1) is 5.92 Å². The zero-order valence-corrected chi connectivity index (χ0v) is 11.2. The minimum atomic E-state index is 0.0506. The molecular weight excluding hydrogens is 220 g/mol. The fourth-order valence-corrected chi connectivity index (χ4v) is 2.81. The number of hydrogen-bond acceptors (Lipinski definition) is 3. The summed E-state index contributed by atoms with van der Waals surface area (Å²) in [5, 5.41) is 3.18. The van der Waals surface area contributed by atoms with E-state index in [0.717, 1.165) is 18.6 Å². The summed E-state index contributed by atoms with van der Waals surface area (Å²) in [6, 6.07) is 0.433. The Kier molecular flexibility index (Phi) is 6.21. The van der Waals surface area contributed by atoms with Crippen LogP contribution in [0.25, 0.3) is 0 Å². The molecule has 0 radical (unpaired) electrons. The Morgan fingerprint density at radius 3 is 2.62 bits per heavy atom. The molecule has 0 bridgehead atoms. The van der Waals surface area contributed by atoms with E-state index in [4.69, 9.17) is 5.73 Å². The van der Waals surface area contributed by atoms with E-state index in [1.165, 1.54) is 12.8 Å². The molecule has 3 N–H and O–H groups in total. The van der Waals surface area contributed by atoms with Crippen molar-refractivity contribution in [1.29, 1.82) is 0 Å². The maximum Gasteiger partial charge on any atom is 0.233 e. The summed E-state index contributed by atoms with van der Waals surface area (Å²) in [5.74, 6) is 1.66. The first-order chi connectivity index (χ1) is 7.63. The van der Waals surface area contributed by atoms with Crippen molar-refractivity contribution in [2.75, 3.05) is 12.3 Å². The maximum absolute atomic E-state index is 11.8. The highest BCUT2D eigenvalue weighted by Crippen LogP contribution is 2.19. The first-order valence-electron chi connectivity index (χ1n) is 6.25. The lowest BCUT2D eigenvalue weighted by Gasteiger charge is -2.17. The second kappa shape index (κ2) is 7.17. The van der Waals surface area contributed by atoms with Gasteiger partial charge in [0, 0.05) is 6.04 Å². The quantitative estimate of drug-likeness (QED) is 0.748. The molecule has 2 unspecified atom stereocenters. The van der Waals surface area contributed by atoms with Gasteiger partial charge < -0.3 is 11.1 Å². The van der Waals surface area contributed by atoms with Gasteiger partial charge in [-0.25, -0.2) is 0 Å². The van der Waals surface area contributed by atoms with Crippen LogP contribution in [0.2, 0.25) is 0 Å². The Balaban J connectivity index is 2.19. The van der Waals surface area contributed by atoms with Gasteiger partial charge in [0.2, 0.25) is 5.91 Å². The van der Waals surface area contributed by atoms with E-state index in [0.29, 0.717) is 18.5 Å². The zero-order valence-electron chi connectivity index (χ0n) is 10.4. The van der Waals surface area contributed by atoms with Crippen LogP contribution in [0.4, 0.5) is 0 Å². The molecule has 0 aliphatic heterocycles. The van der Waals surface area contributed by atoms with E-state index in [1.807, 2.05) is 6.92 Å². The van der Waals surface area contributed by atoms with Gasteiger partial charge in [0.25, 0.3) is 0 Å². The Labute approximate surface area is 103 Å². The second-order valence-corrected chi connectivity index (χ2v) is 6.18. The molecule has 1 fully saturated rings. The second-order valence-electron chi connectivity index (χ2n) is 4.81. The van der Waals surface area contributed by atoms with Gasteiger partial charge >= 0.3 is 0 Å². The number of carbonyl (C=O) groups is 1. The Morgan fingerprint density at radius 1 is 1.44 bits per heavy atom. The van der Waals surface area contributed by atoms with Crippen molar-refractivity contribution >= 4 is 17.7 Å². The SMILES string of the molecule is CC(CN)CSC(C)C(=O)NC1CCCC1. The lowest BCUT2D eigenvalue weighted by atomic mass is 10.2. The van der Waals surface area contributed by atoms with Crippen LogP contribution in [-0.4, -0.2) is 29.5 Å². The summed E-state index contributed by atoms with van der Waals surface area (Å²) >= 11 is 1.71. The molecule has 1 amide bonds. The maximum atomic E-state index is 11.8. The molecule has 0 aromatic carbocycles. The lowest BCUT2D eigenvalue weighted by Crippen LogP contribution is -2.38. The summed E-state index contributed by atoms with van der Waals surface area (Å²) in [7, 11) is 0. The van der Waals surface area contributed by atoms with Crippen molar-refractivity contribution in [2.24, 2.45) is 11.7 Å². The molecule has 0 heterocycles. The summed E-state index contributed by atoms with van der Waals surface area (Å²) in [6.45, 7) is 4.80. The van der Waals surface area contributed by atoms with Gasteiger partial charge in [-0.2, -0.15) is 0 Å². The molecule has 1 aliphatic rings. The fraction of sp³-hybridized carbons (Fsp3) is 0.917. The molecule has 4 heteroatoms. The molecule has 94 valence electrons. The van der Waals surface area contributed by atoms with E-state index >= 15 is 0 Å². The first-order valence-corrected chi connectivity index (χ1v) is 7.30. The highest BCUT2D eigenvalue weighted by molar-refractivity contribution is 8.00. The average Bonchev–Trinajstić information content (AvgIpc) is 2.77. The van der Waals surface area contributed by atoms with Crippen LogP contribution in [-0.2, 0) is 4.79 Å². The van der Waals surface area contributed by atoms with Gasteiger partial charge in [0.05, 0.1) is 5.25 Å². The van der Waals surface area contributed by atoms with Crippen LogP contribution in [0.5, 0.6) is 0 Å². The third-order valence-electron chi connectivity index (χ3n) is 3.10. The van der Waals surface area contributed by atoms with Crippen molar-refractivity contribution in [1.82, 2.24) is 5.32 Å². The predicted octanol–water partition coefficient (Wildman–Crippen LogP) is 1.76. The summed E-state index contributed by atoms with van der Waals surface area (Å²) in [5.41, 5.74) is 5.55. The third-order valence-corrected chi connectivity index (χ3v) is 4.58. The van der Waals surface area contributed by atoms with Gasteiger partial charge in [-0.1, -0.05) is 19.8 Å². The highest BCUT2D eigenvalue weighted by atomic mass is 32.2. The van der Waals surface area contributed by atoms with Gasteiger partial charge in [0.1, 0.15) is 0 Å². The average molecular weight is 244 g/mol. The van der Waals surface area contributed by atoms with E-state index in [2.05, 4.69) is 12.2 Å². The number of nitrogens with one attached hydrogen (secondary N) is 1. The molecule has 1 rings (SSSR count). The highest BCUT2D eigenvalue weighted by Gasteiger charge is 2.20. The minimum Gasteiger partial charge on any atom is -0.352 e. The normalized spacial score (nSPS) is 20.7. The van der Waals surface area contributed by atoms with E-state index in [1.54, 1.807) is 11.8 Å². The van der Waals surface area contributed by atoms with E-state index < -0.39 is 0 Å². The van der Waals surface area contributed by atoms with Crippen LogP contribution >= 0.6 is 11.8 Å². The summed E-state index contributed by atoms with van der Waals surface area (Å²) in [4.78, 5) is 11.8. The number of amides is 1. The van der Waals surface area contributed by atoms with E-state index in [-0.39, 0.29) is 11.2 Å². The molecule has 0 aromatic rings. The topological polar surface area (TPSA) is 55.1 Å². The Morgan fingerprint density at radius 2 is 2.06 bits per heavy atom. The van der Waals surface area contributed by atoms with Crippen LogP contribution in [0.15, 0.2) is 0 Å². The van der Waals surface area contributed by atoms with Crippen LogP contribution in [0.1, 0.15) is 39.5 Å². The van der Waals surface area contributed by atoms with Crippen molar-refractivity contribution < 1.29 is 4.79 Å².